The number of hydrogen-bond donors (Lipinski definition) is 1. The number of fused-ring (bicyclic) bond motifs is 1. The van der Waals surface area contributed by atoms with E-state index in [2.05, 4.69) is 10.3 Å². The summed E-state index contributed by atoms with van der Waals surface area (Å²) in [5.74, 6) is 0.739. The van der Waals surface area contributed by atoms with E-state index in [-0.39, 0.29) is 23.5 Å². The van der Waals surface area contributed by atoms with Gasteiger partial charge in [0.25, 0.3) is 5.91 Å². The Morgan fingerprint density at radius 2 is 1.96 bits per heavy atom. The summed E-state index contributed by atoms with van der Waals surface area (Å²) in [5, 5.41) is 5.04. The highest BCUT2D eigenvalue weighted by Crippen LogP contribution is 2.32. The maximum Gasteiger partial charge on any atom is 0.271 e. The number of rotatable bonds is 4. The third-order valence-electron chi connectivity index (χ3n) is 4.46. The fraction of sp³-hybridized carbons (Fsp3) is 0.238. The van der Waals surface area contributed by atoms with Crippen molar-refractivity contribution in [3.05, 3.63) is 64.9 Å². The topological polar surface area (TPSA) is 60.5 Å². The zero-order valence-corrected chi connectivity index (χ0v) is 16.1. The molecule has 1 aliphatic rings. The van der Waals surface area contributed by atoms with Gasteiger partial charge in [0.1, 0.15) is 16.5 Å². The number of amides is 1. The molecule has 28 heavy (non-hydrogen) atoms. The van der Waals surface area contributed by atoms with Crippen LogP contribution in [0.5, 0.6) is 11.5 Å². The Morgan fingerprint density at radius 1 is 1.18 bits per heavy atom. The zero-order chi connectivity index (χ0) is 19.5. The molecule has 2 aromatic carbocycles. The number of aromatic nitrogens is 1. The summed E-state index contributed by atoms with van der Waals surface area (Å²) >= 11 is 1.24. The minimum atomic E-state index is -0.357. The molecular formula is C21H19FN2O3S. The highest BCUT2D eigenvalue weighted by molar-refractivity contribution is 7.13. The minimum Gasteiger partial charge on any atom is -0.490 e. The molecule has 1 unspecified atom stereocenters. The van der Waals surface area contributed by atoms with E-state index in [4.69, 9.17) is 9.47 Å². The molecule has 1 aromatic heterocycles. The molecule has 0 radical (unpaired) electrons. The van der Waals surface area contributed by atoms with Gasteiger partial charge < -0.3 is 14.8 Å². The molecule has 0 fully saturated rings. The first-order valence-corrected chi connectivity index (χ1v) is 9.90. The van der Waals surface area contributed by atoms with Crippen LogP contribution in [0.4, 0.5) is 4.39 Å². The van der Waals surface area contributed by atoms with E-state index in [1.54, 1.807) is 23.6 Å². The summed E-state index contributed by atoms with van der Waals surface area (Å²) in [7, 11) is 0. The van der Waals surface area contributed by atoms with Crippen molar-refractivity contribution in [3.63, 3.8) is 0 Å². The molecule has 3 aromatic rings. The van der Waals surface area contributed by atoms with Gasteiger partial charge in [-0.3, -0.25) is 4.79 Å². The molecule has 4 rings (SSSR count). The van der Waals surface area contributed by atoms with Crippen molar-refractivity contribution in [2.24, 2.45) is 0 Å². The van der Waals surface area contributed by atoms with Crippen LogP contribution in [0.25, 0.3) is 10.6 Å². The van der Waals surface area contributed by atoms with Gasteiger partial charge in [-0.25, -0.2) is 9.37 Å². The number of carbonyl (C=O) groups excluding carboxylic acids is 1. The van der Waals surface area contributed by atoms with Crippen LogP contribution in [-0.4, -0.2) is 24.1 Å². The van der Waals surface area contributed by atoms with Crippen LogP contribution in [0.1, 0.15) is 35.4 Å². The molecule has 0 bridgehead atoms. The first-order valence-electron chi connectivity index (χ1n) is 9.02. The molecule has 5 nitrogen and oxygen atoms in total. The fourth-order valence-electron chi connectivity index (χ4n) is 2.94. The van der Waals surface area contributed by atoms with E-state index in [0.717, 1.165) is 12.0 Å². The molecule has 1 amide bonds. The normalized spacial score (nSPS) is 14.2. The number of carbonyl (C=O) groups is 1. The van der Waals surface area contributed by atoms with Crippen LogP contribution in [-0.2, 0) is 0 Å². The number of halogens is 1. The van der Waals surface area contributed by atoms with Gasteiger partial charge in [-0.05, 0) is 36.8 Å². The molecule has 7 heteroatoms. The van der Waals surface area contributed by atoms with Gasteiger partial charge in [-0.2, -0.15) is 0 Å². The predicted molar refractivity (Wildman–Crippen MR) is 105 cm³/mol. The van der Waals surface area contributed by atoms with Gasteiger partial charge in [0.05, 0.1) is 19.3 Å². The lowest BCUT2D eigenvalue weighted by molar-refractivity contribution is 0.0935. The molecule has 1 aliphatic heterocycles. The van der Waals surface area contributed by atoms with E-state index in [1.807, 2.05) is 25.1 Å². The lowest BCUT2D eigenvalue weighted by Gasteiger charge is -2.16. The third-order valence-corrected chi connectivity index (χ3v) is 5.34. The van der Waals surface area contributed by atoms with Crippen molar-refractivity contribution >= 4 is 17.2 Å². The van der Waals surface area contributed by atoms with Crippen molar-refractivity contribution in [3.8, 4) is 22.1 Å². The van der Waals surface area contributed by atoms with Crippen LogP contribution < -0.4 is 14.8 Å². The highest BCUT2D eigenvalue weighted by Gasteiger charge is 2.18. The lowest BCUT2D eigenvalue weighted by atomic mass is 10.1. The number of nitrogens with one attached hydrogen (secondary N) is 1. The summed E-state index contributed by atoms with van der Waals surface area (Å²) in [4.78, 5) is 16.9. The van der Waals surface area contributed by atoms with Crippen molar-refractivity contribution < 1.29 is 18.7 Å². The Kier molecular flexibility index (Phi) is 5.25. The SMILES string of the molecule is CC(NC(=O)c1csc(-c2ccccc2F)n1)c1ccc2c(c1)OCCCO2. The van der Waals surface area contributed by atoms with E-state index < -0.39 is 0 Å². The summed E-state index contributed by atoms with van der Waals surface area (Å²) in [6, 6.07) is 11.8. The molecule has 144 valence electrons. The highest BCUT2D eigenvalue weighted by atomic mass is 32.1. The number of thiazole rings is 1. The second-order valence-electron chi connectivity index (χ2n) is 6.47. The Balaban J connectivity index is 1.48. The Bertz CT molecular complexity index is 1000. The number of ether oxygens (including phenoxy) is 2. The zero-order valence-electron chi connectivity index (χ0n) is 15.3. The van der Waals surface area contributed by atoms with Crippen molar-refractivity contribution in [2.75, 3.05) is 13.2 Å². The lowest BCUT2D eigenvalue weighted by Crippen LogP contribution is -2.26. The summed E-state index contributed by atoms with van der Waals surface area (Å²) in [6.07, 6.45) is 0.838. The van der Waals surface area contributed by atoms with Crippen molar-refractivity contribution in [1.82, 2.24) is 10.3 Å². The Labute approximate surface area is 166 Å². The van der Waals surface area contributed by atoms with E-state index in [0.29, 0.717) is 35.3 Å². The standard InChI is InChI=1S/C21H19FN2O3S/c1-13(14-7-8-18-19(11-14)27-10-4-9-26-18)23-20(25)17-12-28-21(24-17)15-5-2-3-6-16(15)22/h2-3,5-8,11-13H,4,9-10H2,1H3,(H,23,25). The van der Waals surface area contributed by atoms with Crippen LogP contribution in [0.2, 0.25) is 0 Å². The fourth-order valence-corrected chi connectivity index (χ4v) is 3.77. The van der Waals surface area contributed by atoms with Crippen LogP contribution in [0.3, 0.4) is 0 Å². The van der Waals surface area contributed by atoms with Gasteiger partial charge in [-0.1, -0.05) is 18.2 Å². The van der Waals surface area contributed by atoms with Gasteiger partial charge in [0.2, 0.25) is 0 Å². The number of benzene rings is 2. The molecule has 0 aliphatic carbocycles. The van der Waals surface area contributed by atoms with Gasteiger partial charge in [-0.15, -0.1) is 11.3 Å². The average molecular weight is 398 g/mol. The summed E-state index contributed by atoms with van der Waals surface area (Å²) < 4.78 is 25.3. The van der Waals surface area contributed by atoms with Gasteiger partial charge in [0, 0.05) is 17.4 Å². The molecule has 2 heterocycles. The second-order valence-corrected chi connectivity index (χ2v) is 7.33. The van der Waals surface area contributed by atoms with Crippen molar-refractivity contribution in [2.45, 2.75) is 19.4 Å². The first kappa shape index (κ1) is 18.4. The maximum atomic E-state index is 13.9. The summed E-state index contributed by atoms with van der Waals surface area (Å²) in [5.41, 5.74) is 1.56. The Hall–Kier alpha value is -2.93. The van der Waals surface area contributed by atoms with E-state index >= 15 is 0 Å². The smallest absolute Gasteiger partial charge is 0.271 e. The van der Waals surface area contributed by atoms with E-state index in [9.17, 15) is 9.18 Å². The number of hydrogen-bond acceptors (Lipinski definition) is 5. The quantitative estimate of drug-likeness (QED) is 0.698. The molecule has 0 spiro atoms. The van der Waals surface area contributed by atoms with Gasteiger partial charge in [0.15, 0.2) is 11.5 Å². The summed E-state index contributed by atoms with van der Waals surface area (Å²) in [6.45, 7) is 3.13. The Morgan fingerprint density at radius 3 is 2.79 bits per heavy atom. The minimum absolute atomic E-state index is 0.247. The first-order chi connectivity index (χ1) is 13.6. The monoisotopic (exact) mass is 398 g/mol. The van der Waals surface area contributed by atoms with Crippen LogP contribution in [0, 0.1) is 5.82 Å². The molecule has 1 atom stereocenters. The molecule has 0 saturated heterocycles. The molecule has 1 N–H and O–H groups in total. The van der Waals surface area contributed by atoms with Gasteiger partial charge >= 0.3 is 0 Å². The largest absolute Gasteiger partial charge is 0.490 e. The number of nitrogens with zero attached hydrogens (tertiary/aromatic N) is 1. The predicted octanol–water partition coefficient (Wildman–Crippen LogP) is 4.60. The van der Waals surface area contributed by atoms with Crippen LogP contribution in [0.15, 0.2) is 47.8 Å². The average Bonchev–Trinajstić information content (AvgIpc) is 3.07. The second kappa shape index (κ2) is 7.98. The van der Waals surface area contributed by atoms with Crippen LogP contribution >= 0.6 is 11.3 Å². The maximum absolute atomic E-state index is 13.9. The molecular weight excluding hydrogens is 379 g/mol. The molecule has 0 saturated carbocycles. The van der Waals surface area contributed by atoms with E-state index in [1.165, 1.54) is 17.4 Å². The van der Waals surface area contributed by atoms with Crippen molar-refractivity contribution in [1.29, 1.82) is 0 Å². The third kappa shape index (κ3) is 3.84.